The van der Waals surface area contributed by atoms with Gasteiger partial charge in [-0.2, -0.15) is 0 Å². The highest BCUT2D eigenvalue weighted by atomic mass is 16.5. The molecule has 3 nitrogen and oxygen atoms in total. The van der Waals surface area contributed by atoms with E-state index in [2.05, 4.69) is 0 Å². The van der Waals surface area contributed by atoms with Crippen LogP contribution in [0.3, 0.4) is 0 Å². The molecule has 0 fully saturated rings. The maximum absolute atomic E-state index is 10.5. The van der Waals surface area contributed by atoms with Crippen LogP contribution in [-0.2, 0) is 14.3 Å². The quantitative estimate of drug-likeness (QED) is 0.506. The molecule has 1 aliphatic carbocycles. The van der Waals surface area contributed by atoms with E-state index in [9.17, 15) is 9.59 Å². The van der Waals surface area contributed by atoms with Crippen LogP contribution in [0.2, 0.25) is 0 Å². The van der Waals surface area contributed by atoms with E-state index in [1.165, 1.54) is 6.92 Å². The van der Waals surface area contributed by atoms with E-state index in [0.717, 1.165) is 30.3 Å². The van der Waals surface area contributed by atoms with Gasteiger partial charge < -0.3 is 9.53 Å². The Morgan fingerprint density at radius 2 is 2.07 bits per heavy atom. The summed E-state index contributed by atoms with van der Waals surface area (Å²) in [5, 5.41) is 0. The predicted molar refractivity (Wildman–Crippen MR) is 52.7 cm³/mol. The van der Waals surface area contributed by atoms with Gasteiger partial charge in [-0.05, 0) is 18.4 Å². The Balaban J connectivity index is 2.42. The van der Waals surface area contributed by atoms with Crippen molar-refractivity contribution in [1.82, 2.24) is 0 Å². The Labute approximate surface area is 83.4 Å². The second-order valence-electron chi connectivity index (χ2n) is 3.30. The van der Waals surface area contributed by atoms with E-state index in [1.807, 2.05) is 12.2 Å². The molecule has 0 aromatic rings. The first-order valence-corrected chi connectivity index (χ1v) is 4.67. The maximum Gasteiger partial charge on any atom is 0.302 e. The zero-order valence-corrected chi connectivity index (χ0v) is 8.29. The van der Waals surface area contributed by atoms with Crippen LogP contribution < -0.4 is 0 Å². The second kappa shape index (κ2) is 5.37. The molecule has 0 aromatic heterocycles. The minimum Gasteiger partial charge on any atom is -0.461 e. The van der Waals surface area contributed by atoms with E-state index in [4.69, 9.17) is 4.74 Å². The van der Waals surface area contributed by atoms with Crippen LogP contribution in [0.4, 0.5) is 0 Å². The number of allylic oxidation sites excluding steroid dienone is 3. The Morgan fingerprint density at radius 3 is 2.57 bits per heavy atom. The van der Waals surface area contributed by atoms with Crippen LogP contribution in [0.15, 0.2) is 23.3 Å². The maximum atomic E-state index is 10.5. The number of ether oxygens (including phenoxy) is 1. The lowest BCUT2D eigenvalue weighted by atomic mass is 9.97. The number of carbonyl (C=O) groups excluding carboxylic acids is 2. The van der Waals surface area contributed by atoms with Crippen molar-refractivity contribution < 1.29 is 14.3 Å². The largest absolute Gasteiger partial charge is 0.461 e. The first kappa shape index (κ1) is 10.7. The molecule has 1 aliphatic rings. The van der Waals surface area contributed by atoms with Crippen LogP contribution in [0.25, 0.3) is 0 Å². The third-order valence-electron chi connectivity index (χ3n) is 2.13. The van der Waals surface area contributed by atoms with Crippen molar-refractivity contribution in [2.24, 2.45) is 0 Å². The summed E-state index contributed by atoms with van der Waals surface area (Å²) in [6.07, 6.45) is 7.08. The SMILES string of the molecule is CC(=O)OCC1=CC=C(CC=O)CC1. The van der Waals surface area contributed by atoms with E-state index >= 15 is 0 Å². The minimum absolute atomic E-state index is 0.256. The zero-order chi connectivity index (χ0) is 10.4. The standard InChI is InChI=1S/C11H14O3/c1-9(13)14-8-11-4-2-10(3-5-11)6-7-12/h2,4,7H,3,5-6,8H2,1H3. The molecule has 0 amide bonds. The zero-order valence-electron chi connectivity index (χ0n) is 8.29. The van der Waals surface area contributed by atoms with Crippen LogP contribution >= 0.6 is 0 Å². The van der Waals surface area contributed by atoms with E-state index in [0.29, 0.717) is 13.0 Å². The number of hydrogen-bond donors (Lipinski definition) is 0. The smallest absolute Gasteiger partial charge is 0.302 e. The van der Waals surface area contributed by atoms with Crippen LogP contribution in [0.1, 0.15) is 26.2 Å². The molecule has 0 N–H and O–H groups in total. The highest BCUT2D eigenvalue weighted by molar-refractivity contribution is 5.66. The summed E-state index contributed by atoms with van der Waals surface area (Å²) in [7, 11) is 0. The number of rotatable bonds is 4. The molecule has 0 unspecified atom stereocenters. The molecule has 0 saturated heterocycles. The first-order chi connectivity index (χ1) is 6.72. The number of carbonyl (C=O) groups is 2. The van der Waals surface area contributed by atoms with E-state index in [1.54, 1.807) is 0 Å². The highest BCUT2D eigenvalue weighted by Gasteiger charge is 2.06. The average Bonchev–Trinajstić information content (AvgIpc) is 2.17. The molecule has 0 bridgehead atoms. The number of esters is 1. The van der Waals surface area contributed by atoms with E-state index < -0.39 is 0 Å². The fraction of sp³-hybridized carbons (Fsp3) is 0.455. The van der Waals surface area contributed by atoms with Gasteiger partial charge in [0.25, 0.3) is 0 Å². The minimum atomic E-state index is -0.256. The normalized spacial score (nSPS) is 15.5. The van der Waals surface area contributed by atoms with Crippen molar-refractivity contribution >= 4 is 12.3 Å². The Bertz CT molecular complexity index is 287. The van der Waals surface area contributed by atoms with Crippen molar-refractivity contribution in [3.05, 3.63) is 23.3 Å². The van der Waals surface area contributed by atoms with Gasteiger partial charge >= 0.3 is 5.97 Å². The van der Waals surface area contributed by atoms with Gasteiger partial charge in [0.05, 0.1) is 0 Å². The topological polar surface area (TPSA) is 43.4 Å². The van der Waals surface area contributed by atoms with Gasteiger partial charge in [-0.25, -0.2) is 0 Å². The summed E-state index contributed by atoms with van der Waals surface area (Å²) in [5.41, 5.74) is 2.25. The molecule has 0 radical (unpaired) electrons. The summed E-state index contributed by atoms with van der Waals surface area (Å²) in [6.45, 7) is 1.78. The van der Waals surface area contributed by atoms with Gasteiger partial charge in [0, 0.05) is 13.3 Å². The van der Waals surface area contributed by atoms with Crippen molar-refractivity contribution in [3.8, 4) is 0 Å². The summed E-state index contributed by atoms with van der Waals surface area (Å²) in [5.74, 6) is -0.256. The molecule has 1 rings (SSSR count). The van der Waals surface area contributed by atoms with Crippen LogP contribution in [0, 0.1) is 0 Å². The predicted octanol–water partition coefficient (Wildman–Crippen LogP) is 1.79. The molecule has 0 heterocycles. The van der Waals surface area contributed by atoms with Crippen molar-refractivity contribution in [1.29, 1.82) is 0 Å². The van der Waals surface area contributed by atoms with Gasteiger partial charge in [0.2, 0.25) is 0 Å². The van der Waals surface area contributed by atoms with Gasteiger partial charge in [0.15, 0.2) is 0 Å². The number of aldehydes is 1. The molecular formula is C11H14O3. The van der Waals surface area contributed by atoms with Crippen molar-refractivity contribution in [2.75, 3.05) is 6.61 Å². The average molecular weight is 194 g/mol. The fourth-order valence-electron chi connectivity index (χ4n) is 1.32. The first-order valence-electron chi connectivity index (χ1n) is 4.67. The third-order valence-corrected chi connectivity index (χ3v) is 2.13. The molecular weight excluding hydrogens is 180 g/mol. The second-order valence-corrected chi connectivity index (χ2v) is 3.30. The van der Waals surface area contributed by atoms with Gasteiger partial charge in [-0.1, -0.05) is 17.7 Å². The lowest BCUT2D eigenvalue weighted by Crippen LogP contribution is -2.05. The van der Waals surface area contributed by atoms with Gasteiger partial charge in [-0.3, -0.25) is 4.79 Å². The third kappa shape index (κ3) is 3.56. The summed E-state index contributed by atoms with van der Waals surface area (Å²) in [4.78, 5) is 20.8. The monoisotopic (exact) mass is 194 g/mol. The fourth-order valence-corrected chi connectivity index (χ4v) is 1.32. The molecule has 0 saturated carbocycles. The van der Waals surface area contributed by atoms with Crippen LogP contribution in [-0.4, -0.2) is 18.9 Å². The Morgan fingerprint density at radius 1 is 1.43 bits per heavy atom. The lowest BCUT2D eigenvalue weighted by molar-refractivity contribution is -0.140. The van der Waals surface area contributed by atoms with E-state index in [-0.39, 0.29) is 5.97 Å². The van der Waals surface area contributed by atoms with Gasteiger partial charge in [0.1, 0.15) is 12.9 Å². The summed E-state index contributed by atoms with van der Waals surface area (Å²) < 4.78 is 4.87. The van der Waals surface area contributed by atoms with Gasteiger partial charge in [-0.15, -0.1) is 0 Å². The van der Waals surface area contributed by atoms with Crippen LogP contribution in [0.5, 0.6) is 0 Å². The molecule has 0 spiro atoms. The Hall–Kier alpha value is -1.38. The Kier molecular flexibility index (Phi) is 4.11. The molecule has 0 aromatic carbocycles. The molecule has 3 heteroatoms. The molecule has 14 heavy (non-hydrogen) atoms. The molecule has 0 aliphatic heterocycles. The summed E-state index contributed by atoms with van der Waals surface area (Å²) in [6, 6.07) is 0. The lowest BCUT2D eigenvalue weighted by Gasteiger charge is -2.12. The van der Waals surface area contributed by atoms with Crippen molar-refractivity contribution in [2.45, 2.75) is 26.2 Å². The summed E-state index contributed by atoms with van der Waals surface area (Å²) >= 11 is 0. The number of hydrogen-bond acceptors (Lipinski definition) is 3. The molecule has 76 valence electrons. The highest BCUT2D eigenvalue weighted by Crippen LogP contribution is 2.19. The van der Waals surface area contributed by atoms with Crippen molar-refractivity contribution in [3.63, 3.8) is 0 Å². The molecule has 0 atom stereocenters.